The monoisotopic (exact) mass is 446 g/mol. The zero-order chi connectivity index (χ0) is 23.2. The number of ether oxygens (including phenoxy) is 1. The van der Waals surface area contributed by atoms with Gasteiger partial charge in [-0.05, 0) is 24.3 Å². The van der Waals surface area contributed by atoms with Gasteiger partial charge in [-0.1, -0.05) is 60.7 Å². The standard InChI is InChI=1S/C27H18N4O3/c1-30-24(17-10-4-2-5-11-17)29-26-25(30)28-22(31(26)18-12-6-3-7-13-18)16-20-23(32)19-14-8-9-15-21(19)34-27(20)33/h2-16H,1H3/b20-16-. The predicted molar refractivity (Wildman–Crippen MR) is 128 cm³/mol. The number of carbonyl (C=O) groups excluding carboxylic acids is 2. The summed E-state index contributed by atoms with van der Waals surface area (Å²) in [6, 6.07) is 26.2. The fourth-order valence-electron chi connectivity index (χ4n) is 4.18. The number of aromatic nitrogens is 4. The topological polar surface area (TPSA) is 79.0 Å². The van der Waals surface area contributed by atoms with Gasteiger partial charge in [0, 0.05) is 24.4 Å². The van der Waals surface area contributed by atoms with Crippen LogP contribution >= 0.6 is 0 Å². The molecule has 5 aromatic rings. The third kappa shape index (κ3) is 3.06. The molecule has 0 aliphatic carbocycles. The molecule has 2 aromatic heterocycles. The Bertz CT molecular complexity index is 1610. The second kappa shape index (κ2) is 7.67. The Kier molecular flexibility index (Phi) is 4.48. The van der Waals surface area contributed by atoms with Gasteiger partial charge in [0.15, 0.2) is 11.3 Å². The Morgan fingerprint density at radius 1 is 0.794 bits per heavy atom. The minimum Gasteiger partial charge on any atom is -0.422 e. The zero-order valence-electron chi connectivity index (χ0n) is 18.2. The van der Waals surface area contributed by atoms with Gasteiger partial charge in [0.05, 0.1) is 5.56 Å². The summed E-state index contributed by atoms with van der Waals surface area (Å²) in [4.78, 5) is 35.5. The number of aryl methyl sites for hydroxylation is 1. The number of imidazole rings is 2. The molecule has 1 aliphatic heterocycles. The van der Waals surface area contributed by atoms with Gasteiger partial charge >= 0.3 is 5.97 Å². The SMILES string of the molecule is Cn1c(-c2ccccc2)nc2c1nc(/C=C1\C(=O)Oc3ccccc3C1=O)n2-c1ccccc1. The summed E-state index contributed by atoms with van der Waals surface area (Å²) in [5.41, 5.74) is 3.30. The molecule has 0 N–H and O–H groups in total. The predicted octanol–water partition coefficient (Wildman–Crippen LogP) is 4.61. The summed E-state index contributed by atoms with van der Waals surface area (Å²) in [5, 5.41) is 0. The van der Waals surface area contributed by atoms with Crippen molar-refractivity contribution >= 4 is 29.1 Å². The molecule has 7 heteroatoms. The number of carbonyl (C=O) groups is 2. The molecule has 34 heavy (non-hydrogen) atoms. The number of hydrogen-bond acceptors (Lipinski definition) is 5. The maximum atomic E-state index is 13.1. The maximum absolute atomic E-state index is 13.1. The fourth-order valence-corrected chi connectivity index (χ4v) is 4.18. The Morgan fingerprint density at radius 3 is 2.24 bits per heavy atom. The van der Waals surface area contributed by atoms with E-state index in [2.05, 4.69) is 0 Å². The van der Waals surface area contributed by atoms with E-state index in [-0.39, 0.29) is 11.3 Å². The van der Waals surface area contributed by atoms with Crippen molar-refractivity contribution in [3.05, 3.63) is 102 Å². The summed E-state index contributed by atoms with van der Waals surface area (Å²) < 4.78 is 9.15. The van der Waals surface area contributed by atoms with Crippen molar-refractivity contribution < 1.29 is 14.3 Å². The van der Waals surface area contributed by atoms with Gasteiger partial charge in [0.25, 0.3) is 0 Å². The first kappa shape index (κ1) is 19.9. The summed E-state index contributed by atoms with van der Waals surface area (Å²) in [6.07, 6.45) is 1.48. The van der Waals surface area contributed by atoms with Crippen LogP contribution in [0.4, 0.5) is 0 Å². The highest BCUT2D eigenvalue weighted by Crippen LogP contribution is 2.31. The summed E-state index contributed by atoms with van der Waals surface area (Å²) in [7, 11) is 1.90. The molecule has 0 amide bonds. The van der Waals surface area contributed by atoms with Crippen molar-refractivity contribution in [2.24, 2.45) is 7.05 Å². The molecule has 0 atom stereocenters. The molecule has 1 aliphatic rings. The van der Waals surface area contributed by atoms with Crippen molar-refractivity contribution in [2.45, 2.75) is 0 Å². The molecule has 3 aromatic carbocycles. The molecule has 0 radical (unpaired) electrons. The molecule has 6 rings (SSSR count). The van der Waals surface area contributed by atoms with Crippen LogP contribution in [0.1, 0.15) is 16.2 Å². The lowest BCUT2D eigenvalue weighted by atomic mass is 9.99. The van der Waals surface area contributed by atoms with E-state index in [1.807, 2.05) is 76.8 Å². The van der Waals surface area contributed by atoms with Crippen LogP contribution in [0.2, 0.25) is 0 Å². The number of hydrogen-bond donors (Lipinski definition) is 0. The maximum Gasteiger partial charge on any atom is 0.347 e. The van der Waals surface area contributed by atoms with E-state index in [1.165, 1.54) is 6.08 Å². The van der Waals surface area contributed by atoms with Crippen LogP contribution in [0.5, 0.6) is 5.75 Å². The molecule has 0 bridgehead atoms. The Morgan fingerprint density at radius 2 is 1.47 bits per heavy atom. The Hall–Kier alpha value is -4.78. The highest BCUT2D eigenvalue weighted by molar-refractivity contribution is 6.30. The number of benzene rings is 3. The highest BCUT2D eigenvalue weighted by atomic mass is 16.5. The number of nitrogens with zero attached hydrogens (tertiary/aromatic N) is 4. The quantitative estimate of drug-likeness (QED) is 0.175. The minimum atomic E-state index is -0.701. The van der Waals surface area contributed by atoms with Crippen LogP contribution in [0, 0.1) is 0 Å². The number of Topliss-reactive ketones (excluding diaryl/α,β-unsaturated/α-hetero) is 1. The number of esters is 1. The van der Waals surface area contributed by atoms with Gasteiger partial charge in [-0.3, -0.25) is 9.36 Å². The first-order valence-corrected chi connectivity index (χ1v) is 10.8. The lowest BCUT2D eigenvalue weighted by Crippen LogP contribution is -2.25. The van der Waals surface area contributed by atoms with E-state index in [9.17, 15) is 9.59 Å². The van der Waals surface area contributed by atoms with Gasteiger partial charge in [-0.2, -0.15) is 0 Å². The van der Waals surface area contributed by atoms with Crippen molar-refractivity contribution in [1.29, 1.82) is 0 Å². The number of para-hydroxylation sites is 2. The van der Waals surface area contributed by atoms with Crippen molar-refractivity contribution in [2.75, 3.05) is 0 Å². The van der Waals surface area contributed by atoms with Gasteiger partial charge in [0.2, 0.25) is 5.78 Å². The van der Waals surface area contributed by atoms with Crippen LogP contribution in [-0.2, 0) is 11.8 Å². The molecular weight excluding hydrogens is 428 g/mol. The average molecular weight is 446 g/mol. The molecule has 7 nitrogen and oxygen atoms in total. The minimum absolute atomic E-state index is 0.0746. The van der Waals surface area contributed by atoms with E-state index in [0.29, 0.717) is 22.7 Å². The third-order valence-electron chi connectivity index (χ3n) is 5.83. The summed E-state index contributed by atoms with van der Waals surface area (Å²) in [5.74, 6) is 0.354. The molecular formula is C27H18N4O3. The largest absolute Gasteiger partial charge is 0.422 e. The van der Waals surface area contributed by atoms with Crippen LogP contribution in [0.25, 0.3) is 34.4 Å². The zero-order valence-corrected chi connectivity index (χ0v) is 18.2. The van der Waals surface area contributed by atoms with Gasteiger partial charge in [-0.25, -0.2) is 14.8 Å². The second-order valence-corrected chi connectivity index (χ2v) is 7.92. The summed E-state index contributed by atoms with van der Waals surface area (Å²) >= 11 is 0. The van der Waals surface area contributed by atoms with Crippen molar-refractivity contribution in [3.8, 4) is 22.8 Å². The molecule has 3 heterocycles. The van der Waals surface area contributed by atoms with Crippen LogP contribution in [0.3, 0.4) is 0 Å². The molecule has 164 valence electrons. The number of ketones is 1. The average Bonchev–Trinajstić information content (AvgIpc) is 3.38. The molecule has 0 saturated heterocycles. The van der Waals surface area contributed by atoms with E-state index >= 15 is 0 Å². The third-order valence-corrected chi connectivity index (χ3v) is 5.83. The van der Waals surface area contributed by atoms with Gasteiger partial charge in [-0.15, -0.1) is 0 Å². The molecule has 0 spiro atoms. The second-order valence-electron chi connectivity index (χ2n) is 7.92. The van der Waals surface area contributed by atoms with Crippen molar-refractivity contribution in [3.63, 3.8) is 0 Å². The Labute approximate surface area is 194 Å². The van der Waals surface area contributed by atoms with Crippen LogP contribution < -0.4 is 4.74 Å². The lowest BCUT2D eigenvalue weighted by Gasteiger charge is -2.16. The first-order valence-electron chi connectivity index (χ1n) is 10.8. The Balaban J connectivity index is 1.57. The van der Waals surface area contributed by atoms with Crippen LogP contribution in [-0.4, -0.2) is 30.9 Å². The number of rotatable bonds is 3. The van der Waals surface area contributed by atoms with E-state index < -0.39 is 11.8 Å². The van der Waals surface area contributed by atoms with Crippen molar-refractivity contribution in [1.82, 2.24) is 19.1 Å². The fraction of sp³-hybridized carbons (Fsp3) is 0.0370. The van der Waals surface area contributed by atoms with Gasteiger partial charge in [0.1, 0.15) is 23.0 Å². The molecule has 0 saturated carbocycles. The molecule has 0 fully saturated rings. The van der Waals surface area contributed by atoms with E-state index in [0.717, 1.165) is 17.1 Å². The summed E-state index contributed by atoms with van der Waals surface area (Å²) in [6.45, 7) is 0. The molecule has 0 unspecified atom stereocenters. The van der Waals surface area contributed by atoms with Crippen LogP contribution in [0.15, 0.2) is 90.5 Å². The first-order chi connectivity index (χ1) is 16.6. The highest BCUT2D eigenvalue weighted by Gasteiger charge is 2.31. The normalized spacial score (nSPS) is 14.4. The van der Waals surface area contributed by atoms with Gasteiger partial charge < -0.3 is 9.30 Å². The lowest BCUT2D eigenvalue weighted by molar-refractivity contribution is -0.130. The van der Waals surface area contributed by atoms with E-state index in [1.54, 1.807) is 24.3 Å². The van der Waals surface area contributed by atoms with E-state index in [4.69, 9.17) is 14.7 Å². The number of fused-ring (bicyclic) bond motifs is 2. The smallest absolute Gasteiger partial charge is 0.347 e.